The molecule has 0 saturated carbocycles. The minimum atomic E-state index is -0.353. The maximum Gasteiger partial charge on any atom is 0.228 e. The van der Waals surface area contributed by atoms with Crippen molar-refractivity contribution in [1.29, 1.82) is 0 Å². The van der Waals surface area contributed by atoms with Gasteiger partial charge >= 0.3 is 0 Å². The lowest BCUT2D eigenvalue weighted by Gasteiger charge is -2.38. The molecule has 0 atom stereocenters. The molecule has 5 rings (SSSR count). The van der Waals surface area contributed by atoms with Crippen LogP contribution in [0.4, 0.5) is 11.8 Å². The molecule has 2 aliphatic rings. The molecule has 8 heteroatoms. The highest BCUT2D eigenvalue weighted by Crippen LogP contribution is 2.31. The van der Waals surface area contributed by atoms with Crippen LogP contribution in [-0.2, 0) is 11.3 Å². The molecule has 0 unspecified atom stereocenters. The molecular weight excluding hydrogens is 406 g/mol. The molecule has 150 valence electrons. The molecule has 1 saturated heterocycles. The van der Waals surface area contributed by atoms with Gasteiger partial charge in [0.15, 0.2) is 0 Å². The highest BCUT2D eigenvalue weighted by molar-refractivity contribution is 7.99. The van der Waals surface area contributed by atoms with Crippen LogP contribution in [0.2, 0.25) is 5.02 Å². The third kappa shape index (κ3) is 3.88. The first kappa shape index (κ1) is 18.9. The van der Waals surface area contributed by atoms with Crippen LogP contribution in [-0.4, -0.2) is 47.6 Å². The van der Waals surface area contributed by atoms with E-state index in [1.54, 1.807) is 0 Å². The van der Waals surface area contributed by atoms with E-state index in [0.717, 1.165) is 41.5 Å². The second-order valence-corrected chi connectivity index (χ2v) is 9.19. The lowest BCUT2D eigenvalue weighted by atomic mass is 9.99. The van der Waals surface area contributed by atoms with Gasteiger partial charge in [-0.15, -0.1) is 11.8 Å². The normalized spacial score (nSPS) is 18.1. The summed E-state index contributed by atoms with van der Waals surface area (Å²) in [5.74, 6) is 2.47. The number of hydrogen-bond acceptors (Lipinski definition) is 7. The topological polar surface area (TPSA) is 76.3 Å². The Labute approximate surface area is 178 Å². The Morgan fingerprint density at radius 2 is 2.07 bits per heavy atom. The summed E-state index contributed by atoms with van der Waals surface area (Å²) < 4.78 is 5.27. The van der Waals surface area contributed by atoms with Gasteiger partial charge in [-0.1, -0.05) is 29.8 Å². The summed E-state index contributed by atoms with van der Waals surface area (Å²) in [6.07, 6.45) is 0. The predicted octanol–water partition coefficient (Wildman–Crippen LogP) is 3.54. The fourth-order valence-corrected chi connectivity index (χ4v) is 4.78. The second kappa shape index (κ2) is 7.65. The van der Waals surface area contributed by atoms with E-state index in [1.807, 2.05) is 30.0 Å². The van der Waals surface area contributed by atoms with Crippen LogP contribution in [0.3, 0.4) is 0 Å². The van der Waals surface area contributed by atoms with Crippen molar-refractivity contribution in [1.82, 2.24) is 9.97 Å². The van der Waals surface area contributed by atoms with Crippen molar-refractivity contribution in [3.8, 4) is 0 Å². The maximum absolute atomic E-state index is 6.31. The summed E-state index contributed by atoms with van der Waals surface area (Å²) in [4.78, 5) is 13.3. The Kier molecular flexibility index (Phi) is 4.99. The van der Waals surface area contributed by atoms with Gasteiger partial charge in [0.05, 0.1) is 24.3 Å². The van der Waals surface area contributed by atoms with Crippen molar-refractivity contribution in [2.75, 3.05) is 42.3 Å². The molecule has 3 heterocycles. The number of halogens is 1. The van der Waals surface area contributed by atoms with Gasteiger partial charge in [-0.2, -0.15) is 4.98 Å². The molecule has 3 N–H and O–H groups in total. The molecule has 0 aliphatic carbocycles. The summed E-state index contributed by atoms with van der Waals surface area (Å²) in [7, 11) is 0. The van der Waals surface area contributed by atoms with E-state index in [0.29, 0.717) is 24.8 Å². The molecule has 29 heavy (non-hydrogen) atoms. The third-order valence-electron chi connectivity index (χ3n) is 5.27. The first-order chi connectivity index (χ1) is 14.1. The smallest absolute Gasteiger partial charge is 0.228 e. The quantitative estimate of drug-likeness (QED) is 0.659. The maximum atomic E-state index is 6.31. The molecule has 3 aromatic rings. The van der Waals surface area contributed by atoms with Gasteiger partial charge in [0.1, 0.15) is 5.82 Å². The molecule has 0 radical (unpaired) electrons. The molecule has 2 aliphatic heterocycles. The summed E-state index contributed by atoms with van der Waals surface area (Å²) in [6, 6.07) is 14.2. The van der Waals surface area contributed by atoms with Gasteiger partial charge in [0.2, 0.25) is 5.95 Å². The van der Waals surface area contributed by atoms with E-state index in [-0.39, 0.29) is 5.54 Å². The number of aromatic nitrogens is 2. The summed E-state index contributed by atoms with van der Waals surface area (Å²) in [5.41, 5.74) is 8.12. The third-order valence-corrected chi connectivity index (χ3v) is 6.60. The van der Waals surface area contributed by atoms with Crippen LogP contribution >= 0.6 is 23.4 Å². The van der Waals surface area contributed by atoms with E-state index in [2.05, 4.69) is 34.5 Å². The van der Waals surface area contributed by atoms with E-state index < -0.39 is 0 Å². The minimum Gasteiger partial charge on any atom is -0.377 e. The highest BCUT2D eigenvalue weighted by Gasteiger charge is 2.34. The number of nitrogens with two attached hydrogens (primary N) is 1. The first-order valence-corrected chi connectivity index (χ1v) is 11.0. The zero-order chi connectivity index (χ0) is 19.8. The second-order valence-electron chi connectivity index (χ2n) is 7.62. The fraction of sp³-hybridized carbons (Fsp3) is 0.333. The average molecular weight is 428 g/mol. The van der Waals surface area contributed by atoms with Gasteiger partial charge in [-0.25, -0.2) is 4.98 Å². The first-order valence-electron chi connectivity index (χ1n) is 9.63. The zero-order valence-electron chi connectivity index (χ0n) is 15.9. The largest absolute Gasteiger partial charge is 0.377 e. The number of anilines is 2. The van der Waals surface area contributed by atoms with Gasteiger partial charge in [0.25, 0.3) is 0 Å². The van der Waals surface area contributed by atoms with Crippen molar-refractivity contribution in [3.05, 3.63) is 53.1 Å². The van der Waals surface area contributed by atoms with Crippen molar-refractivity contribution in [2.45, 2.75) is 17.0 Å². The van der Waals surface area contributed by atoms with Gasteiger partial charge in [-0.3, -0.25) is 0 Å². The van der Waals surface area contributed by atoms with Crippen LogP contribution in [0, 0.1) is 0 Å². The van der Waals surface area contributed by atoms with E-state index in [4.69, 9.17) is 32.0 Å². The lowest BCUT2D eigenvalue weighted by Crippen LogP contribution is -2.61. The summed E-state index contributed by atoms with van der Waals surface area (Å²) >= 11 is 8.13. The van der Waals surface area contributed by atoms with Crippen LogP contribution < -0.4 is 16.0 Å². The van der Waals surface area contributed by atoms with Gasteiger partial charge < -0.3 is 20.7 Å². The van der Waals surface area contributed by atoms with Crippen molar-refractivity contribution < 1.29 is 4.74 Å². The van der Waals surface area contributed by atoms with E-state index in [1.165, 1.54) is 10.5 Å². The van der Waals surface area contributed by atoms with Crippen LogP contribution in [0.5, 0.6) is 0 Å². The number of ether oxygens (including phenoxy) is 1. The van der Waals surface area contributed by atoms with E-state index >= 15 is 0 Å². The molecule has 0 bridgehead atoms. The molecule has 1 aromatic heterocycles. The van der Waals surface area contributed by atoms with Crippen molar-refractivity contribution in [2.24, 2.45) is 5.73 Å². The monoisotopic (exact) mass is 427 g/mol. The highest BCUT2D eigenvalue weighted by atomic mass is 35.5. The molecule has 1 fully saturated rings. The summed E-state index contributed by atoms with van der Waals surface area (Å²) in [5, 5.41) is 4.98. The lowest BCUT2D eigenvalue weighted by molar-refractivity contribution is -0.0461. The Balaban J connectivity index is 1.51. The number of fused-ring (bicyclic) bond motifs is 2. The number of rotatable bonds is 4. The standard InChI is InChI=1S/C21H22ClN5OS/c22-15-5-6-17-16(9-15)19(24-11-21(23)12-28-13-21)26-20(25-17)27-7-8-29-18-4-2-1-3-14(18)10-27/h1-6,9H,7-8,10-13,23H2,(H,24,25,26). The zero-order valence-corrected chi connectivity index (χ0v) is 17.5. The van der Waals surface area contributed by atoms with Crippen molar-refractivity contribution in [3.63, 3.8) is 0 Å². The van der Waals surface area contributed by atoms with Gasteiger partial charge in [0, 0.05) is 40.7 Å². The SMILES string of the molecule is NC1(CNc2nc(N3CCSc4ccccc4C3)nc3ccc(Cl)cc23)COC1. The number of benzene rings is 2. The van der Waals surface area contributed by atoms with Gasteiger partial charge in [-0.05, 0) is 29.8 Å². The fourth-order valence-electron chi connectivity index (χ4n) is 3.59. The number of nitrogens with zero attached hydrogens (tertiary/aromatic N) is 3. The van der Waals surface area contributed by atoms with Crippen LogP contribution in [0.15, 0.2) is 47.4 Å². The summed E-state index contributed by atoms with van der Waals surface area (Å²) in [6.45, 7) is 3.36. The molecule has 0 spiro atoms. The molecule has 0 amide bonds. The Bertz CT molecular complexity index is 1060. The average Bonchev–Trinajstić information content (AvgIpc) is 2.93. The molecular formula is C21H22ClN5OS. The number of hydrogen-bond donors (Lipinski definition) is 2. The Morgan fingerprint density at radius 3 is 2.90 bits per heavy atom. The Morgan fingerprint density at radius 1 is 1.21 bits per heavy atom. The van der Waals surface area contributed by atoms with Crippen molar-refractivity contribution >= 4 is 46.0 Å². The number of thioether (sulfide) groups is 1. The number of nitrogens with one attached hydrogen (secondary N) is 1. The van der Waals surface area contributed by atoms with Crippen LogP contribution in [0.1, 0.15) is 5.56 Å². The minimum absolute atomic E-state index is 0.353. The molecule has 6 nitrogen and oxygen atoms in total. The Hall–Kier alpha value is -2.06. The predicted molar refractivity (Wildman–Crippen MR) is 119 cm³/mol. The molecule has 2 aromatic carbocycles. The van der Waals surface area contributed by atoms with Crippen LogP contribution in [0.25, 0.3) is 10.9 Å². The van der Waals surface area contributed by atoms with E-state index in [9.17, 15) is 0 Å².